The molecule has 33 heavy (non-hydrogen) atoms. The van der Waals surface area contributed by atoms with Gasteiger partial charge < -0.3 is 14.5 Å². The van der Waals surface area contributed by atoms with Gasteiger partial charge in [0, 0.05) is 32.0 Å². The van der Waals surface area contributed by atoms with Gasteiger partial charge in [-0.2, -0.15) is 0 Å². The highest BCUT2D eigenvalue weighted by molar-refractivity contribution is 5.92. The number of anilines is 1. The number of ether oxygens (including phenoxy) is 1. The summed E-state index contributed by atoms with van der Waals surface area (Å²) in [5.74, 6) is 0.425. The Morgan fingerprint density at radius 3 is 2.58 bits per heavy atom. The fraction of sp³-hybridized carbons (Fsp3) is 0.385. The van der Waals surface area contributed by atoms with E-state index in [1.54, 1.807) is 15.9 Å². The molecule has 3 aromatic rings. The van der Waals surface area contributed by atoms with Gasteiger partial charge in [0.2, 0.25) is 5.95 Å². The Hall–Kier alpha value is -3.32. The molecule has 0 spiro atoms. The summed E-state index contributed by atoms with van der Waals surface area (Å²) in [6.45, 7) is 7.44. The monoisotopic (exact) mass is 445 g/mol. The molecule has 2 aromatic heterocycles. The average Bonchev–Trinajstić information content (AvgIpc) is 2.79. The molecule has 1 aromatic carbocycles. The third kappa shape index (κ3) is 5.37. The van der Waals surface area contributed by atoms with E-state index < -0.39 is 0 Å². The maximum atomic E-state index is 13.3. The maximum absolute atomic E-state index is 13.3. The van der Waals surface area contributed by atoms with Crippen molar-refractivity contribution in [1.29, 1.82) is 0 Å². The topological polar surface area (TPSA) is 71.5 Å². The smallest absolute Gasteiger partial charge is 0.272 e. The van der Waals surface area contributed by atoms with Gasteiger partial charge in [0.05, 0.1) is 18.8 Å². The van der Waals surface area contributed by atoms with E-state index >= 15 is 0 Å². The van der Waals surface area contributed by atoms with Crippen molar-refractivity contribution >= 4 is 11.9 Å². The number of amides is 1. The second kappa shape index (κ2) is 9.67. The molecule has 0 saturated carbocycles. The van der Waals surface area contributed by atoms with Crippen LogP contribution in [-0.2, 0) is 11.2 Å². The number of hydrogen-bond donors (Lipinski definition) is 0. The predicted octanol–water partition coefficient (Wildman–Crippen LogP) is 3.67. The van der Waals surface area contributed by atoms with E-state index in [4.69, 9.17) is 9.72 Å². The van der Waals surface area contributed by atoms with Crippen molar-refractivity contribution in [3.8, 4) is 0 Å². The molecule has 0 radical (unpaired) electrons. The summed E-state index contributed by atoms with van der Waals surface area (Å²) in [5, 5.41) is 0. The number of pyridine rings is 1. The summed E-state index contributed by atoms with van der Waals surface area (Å²) in [7, 11) is 3.73. The molecular weight excluding hydrogens is 414 g/mol. The Morgan fingerprint density at radius 1 is 1.06 bits per heavy atom. The summed E-state index contributed by atoms with van der Waals surface area (Å²) in [6, 6.07) is 14.4. The van der Waals surface area contributed by atoms with Gasteiger partial charge in [-0.15, -0.1) is 0 Å². The molecule has 0 unspecified atom stereocenters. The molecule has 1 aliphatic heterocycles. The number of nitrogens with zero attached hydrogens (tertiary/aromatic N) is 5. The molecule has 0 N–H and O–H groups in total. The Bertz CT molecular complexity index is 1160. The minimum absolute atomic E-state index is 0.107. The van der Waals surface area contributed by atoms with E-state index in [1.165, 1.54) is 16.7 Å². The van der Waals surface area contributed by atoms with Crippen molar-refractivity contribution in [2.75, 3.05) is 38.7 Å². The Labute approximate surface area is 195 Å². The molecule has 3 heterocycles. The minimum Gasteiger partial charge on any atom is -0.368 e. The molecule has 4 rings (SSSR count). The Balaban J connectivity index is 1.55. The lowest BCUT2D eigenvalue weighted by Gasteiger charge is -2.33. The van der Waals surface area contributed by atoms with Crippen molar-refractivity contribution in [2.45, 2.75) is 33.3 Å². The second-order valence-electron chi connectivity index (χ2n) is 8.84. The van der Waals surface area contributed by atoms with Crippen LogP contribution in [0, 0.1) is 20.8 Å². The van der Waals surface area contributed by atoms with Crippen LogP contribution in [0.25, 0.3) is 0 Å². The van der Waals surface area contributed by atoms with Crippen LogP contribution in [-0.4, -0.2) is 59.6 Å². The normalized spacial score (nSPS) is 16.0. The molecule has 0 bridgehead atoms. The van der Waals surface area contributed by atoms with Crippen LogP contribution in [0.15, 0.2) is 42.5 Å². The van der Waals surface area contributed by atoms with Gasteiger partial charge in [-0.05, 0) is 62.1 Å². The lowest BCUT2D eigenvalue weighted by molar-refractivity contribution is -0.0250. The van der Waals surface area contributed by atoms with Crippen LogP contribution in [0.3, 0.4) is 0 Å². The molecule has 1 fully saturated rings. The number of rotatable bonds is 5. The molecule has 0 aliphatic carbocycles. The zero-order chi connectivity index (χ0) is 23.5. The van der Waals surface area contributed by atoms with E-state index in [2.05, 4.69) is 53.3 Å². The number of aromatic nitrogens is 3. The first-order valence-corrected chi connectivity index (χ1v) is 11.3. The number of morpholine rings is 1. The highest BCUT2D eigenvalue weighted by Crippen LogP contribution is 2.25. The van der Waals surface area contributed by atoms with E-state index in [9.17, 15) is 4.79 Å². The molecule has 1 saturated heterocycles. The third-order valence-corrected chi connectivity index (χ3v) is 5.83. The van der Waals surface area contributed by atoms with Gasteiger partial charge >= 0.3 is 0 Å². The molecule has 7 nitrogen and oxygen atoms in total. The number of carbonyl (C=O) groups excluding carboxylic acids is 1. The van der Waals surface area contributed by atoms with Gasteiger partial charge in [-0.1, -0.05) is 24.3 Å². The van der Waals surface area contributed by atoms with Crippen molar-refractivity contribution in [3.63, 3.8) is 0 Å². The fourth-order valence-electron chi connectivity index (χ4n) is 4.10. The molecule has 7 heteroatoms. The summed E-state index contributed by atoms with van der Waals surface area (Å²) < 4.78 is 6.05. The van der Waals surface area contributed by atoms with E-state index in [-0.39, 0.29) is 12.0 Å². The zero-order valence-corrected chi connectivity index (χ0v) is 20.0. The van der Waals surface area contributed by atoms with Crippen LogP contribution in [0.5, 0.6) is 0 Å². The minimum atomic E-state index is -0.269. The van der Waals surface area contributed by atoms with Gasteiger partial charge in [0.25, 0.3) is 5.91 Å². The summed E-state index contributed by atoms with van der Waals surface area (Å²) >= 11 is 0. The van der Waals surface area contributed by atoms with Gasteiger partial charge in [-0.3, -0.25) is 9.78 Å². The van der Waals surface area contributed by atoms with Crippen molar-refractivity contribution in [3.05, 3.63) is 81.9 Å². The van der Waals surface area contributed by atoms with E-state index in [0.717, 1.165) is 23.5 Å². The molecule has 1 atom stereocenters. The molecule has 1 amide bonds. The maximum Gasteiger partial charge on any atom is 0.272 e. The average molecular weight is 446 g/mol. The van der Waals surface area contributed by atoms with Gasteiger partial charge in [0.1, 0.15) is 11.8 Å². The first-order chi connectivity index (χ1) is 15.8. The van der Waals surface area contributed by atoms with E-state index in [0.29, 0.717) is 31.3 Å². The van der Waals surface area contributed by atoms with Crippen LogP contribution in [0.2, 0.25) is 0 Å². The largest absolute Gasteiger partial charge is 0.368 e. The van der Waals surface area contributed by atoms with Crippen LogP contribution in [0.1, 0.15) is 50.4 Å². The van der Waals surface area contributed by atoms with Gasteiger partial charge in [0.15, 0.2) is 0 Å². The number of carbonyl (C=O) groups is 1. The van der Waals surface area contributed by atoms with Crippen molar-refractivity contribution in [2.24, 2.45) is 0 Å². The number of aryl methyl sites for hydroxylation is 3. The van der Waals surface area contributed by atoms with Crippen LogP contribution >= 0.6 is 0 Å². The SMILES string of the molecule is Cc1cc(Cc2ccccc2C)cc([C@@H]2CN(C(=O)c3cc(C)nc(N(C)C)n3)CCO2)n1. The lowest BCUT2D eigenvalue weighted by atomic mass is 9.99. The Morgan fingerprint density at radius 2 is 1.82 bits per heavy atom. The first kappa shape index (κ1) is 22.9. The molecule has 172 valence electrons. The first-order valence-electron chi connectivity index (χ1n) is 11.3. The van der Waals surface area contributed by atoms with Crippen LogP contribution < -0.4 is 4.90 Å². The molecule has 1 aliphatic rings. The number of hydrogen-bond acceptors (Lipinski definition) is 6. The summed E-state index contributed by atoms with van der Waals surface area (Å²) in [5.41, 5.74) is 6.75. The second-order valence-corrected chi connectivity index (χ2v) is 8.84. The van der Waals surface area contributed by atoms with Crippen molar-refractivity contribution < 1.29 is 9.53 Å². The lowest BCUT2D eigenvalue weighted by Crippen LogP contribution is -2.43. The number of benzene rings is 1. The Kier molecular flexibility index (Phi) is 6.70. The summed E-state index contributed by atoms with van der Waals surface area (Å²) in [6.07, 6.45) is 0.570. The standard InChI is InChI=1S/C26H31N5O2/c1-17-8-6-7-9-21(17)14-20-12-18(2)27-22(15-20)24-16-31(10-11-33-24)25(32)23-13-19(3)28-26(29-23)30(4)5/h6-9,12-13,15,24H,10-11,14,16H2,1-5H3/t24-/m0/s1. The quantitative estimate of drug-likeness (QED) is 0.597. The molecular formula is C26H31N5O2. The summed E-state index contributed by atoms with van der Waals surface area (Å²) in [4.78, 5) is 30.5. The fourth-order valence-corrected chi connectivity index (χ4v) is 4.10. The predicted molar refractivity (Wildman–Crippen MR) is 129 cm³/mol. The van der Waals surface area contributed by atoms with Crippen molar-refractivity contribution in [1.82, 2.24) is 19.9 Å². The highest BCUT2D eigenvalue weighted by atomic mass is 16.5. The highest BCUT2D eigenvalue weighted by Gasteiger charge is 2.28. The third-order valence-electron chi connectivity index (χ3n) is 5.83. The van der Waals surface area contributed by atoms with E-state index in [1.807, 2.05) is 27.9 Å². The van der Waals surface area contributed by atoms with Crippen LogP contribution in [0.4, 0.5) is 5.95 Å². The zero-order valence-electron chi connectivity index (χ0n) is 20.0. The van der Waals surface area contributed by atoms with Gasteiger partial charge in [-0.25, -0.2) is 9.97 Å².